The topological polar surface area (TPSA) is 80.9 Å². The van der Waals surface area contributed by atoms with Crippen molar-refractivity contribution in [3.63, 3.8) is 0 Å². The third-order valence-corrected chi connectivity index (χ3v) is 2.50. The third-order valence-electron chi connectivity index (χ3n) is 2.50. The van der Waals surface area contributed by atoms with Crippen LogP contribution in [0.25, 0.3) is 0 Å². The largest absolute Gasteiger partial charge is 0.396 e. The lowest BCUT2D eigenvalue weighted by Crippen LogP contribution is -2.21. The molecule has 4 nitrogen and oxygen atoms in total. The van der Waals surface area contributed by atoms with Gasteiger partial charge in [-0.25, -0.2) is 0 Å². The molecule has 0 saturated carbocycles. The summed E-state index contributed by atoms with van der Waals surface area (Å²) in [5, 5.41) is 36.2. The standard InChI is InChI=1S/C12H18O4/c13-7-1-2-9-3-5-10(6-4-9)12(16)11(15)8-14/h3-6,11-16H,1-2,7-8H2. The normalized spacial score (nSPS) is 14.8. The van der Waals surface area contributed by atoms with Crippen LogP contribution in [0, 0.1) is 0 Å². The van der Waals surface area contributed by atoms with Gasteiger partial charge >= 0.3 is 0 Å². The molecule has 4 heteroatoms. The monoisotopic (exact) mass is 226 g/mol. The van der Waals surface area contributed by atoms with Crippen LogP contribution in [-0.4, -0.2) is 39.7 Å². The van der Waals surface area contributed by atoms with Crippen molar-refractivity contribution >= 4 is 0 Å². The average Bonchev–Trinajstić information content (AvgIpc) is 2.35. The van der Waals surface area contributed by atoms with Gasteiger partial charge in [0.15, 0.2) is 0 Å². The van der Waals surface area contributed by atoms with Crippen molar-refractivity contribution in [1.29, 1.82) is 0 Å². The van der Waals surface area contributed by atoms with E-state index in [-0.39, 0.29) is 6.61 Å². The summed E-state index contributed by atoms with van der Waals surface area (Å²) in [6, 6.07) is 7.13. The van der Waals surface area contributed by atoms with Crippen LogP contribution in [0.4, 0.5) is 0 Å². The summed E-state index contributed by atoms with van der Waals surface area (Å²) in [4.78, 5) is 0. The van der Waals surface area contributed by atoms with Crippen molar-refractivity contribution in [2.24, 2.45) is 0 Å². The number of aliphatic hydroxyl groups excluding tert-OH is 4. The van der Waals surface area contributed by atoms with Gasteiger partial charge in [0, 0.05) is 6.61 Å². The number of benzene rings is 1. The van der Waals surface area contributed by atoms with Crippen LogP contribution in [0.1, 0.15) is 23.7 Å². The van der Waals surface area contributed by atoms with E-state index in [2.05, 4.69) is 0 Å². The molecule has 1 rings (SSSR count). The van der Waals surface area contributed by atoms with E-state index in [1.54, 1.807) is 12.1 Å². The molecule has 0 radical (unpaired) electrons. The van der Waals surface area contributed by atoms with Gasteiger partial charge in [-0.3, -0.25) is 0 Å². The highest BCUT2D eigenvalue weighted by molar-refractivity contribution is 5.24. The van der Waals surface area contributed by atoms with Gasteiger partial charge in [-0.05, 0) is 24.0 Å². The zero-order valence-corrected chi connectivity index (χ0v) is 9.08. The van der Waals surface area contributed by atoms with E-state index in [9.17, 15) is 10.2 Å². The van der Waals surface area contributed by atoms with E-state index in [0.29, 0.717) is 12.0 Å². The zero-order chi connectivity index (χ0) is 12.0. The SMILES string of the molecule is OCCCc1ccc(C(O)C(O)CO)cc1. The van der Waals surface area contributed by atoms with Gasteiger partial charge in [-0.2, -0.15) is 0 Å². The van der Waals surface area contributed by atoms with Crippen LogP contribution < -0.4 is 0 Å². The predicted octanol–water partition coefficient (Wildman–Crippen LogP) is -0.00190. The van der Waals surface area contributed by atoms with Gasteiger partial charge in [0.2, 0.25) is 0 Å². The number of aryl methyl sites for hydroxylation is 1. The molecule has 2 unspecified atom stereocenters. The number of hydrogen-bond acceptors (Lipinski definition) is 4. The van der Waals surface area contributed by atoms with Gasteiger partial charge in [-0.1, -0.05) is 24.3 Å². The molecule has 90 valence electrons. The fourth-order valence-electron chi connectivity index (χ4n) is 1.49. The first-order valence-corrected chi connectivity index (χ1v) is 5.35. The molecule has 0 heterocycles. The second-order valence-electron chi connectivity index (χ2n) is 3.76. The molecule has 2 atom stereocenters. The molecule has 0 aliphatic rings. The van der Waals surface area contributed by atoms with Crippen molar-refractivity contribution in [2.75, 3.05) is 13.2 Å². The maximum Gasteiger partial charge on any atom is 0.107 e. The minimum absolute atomic E-state index is 0.160. The van der Waals surface area contributed by atoms with E-state index >= 15 is 0 Å². The van der Waals surface area contributed by atoms with Crippen molar-refractivity contribution < 1.29 is 20.4 Å². The van der Waals surface area contributed by atoms with Gasteiger partial charge in [0.25, 0.3) is 0 Å². The van der Waals surface area contributed by atoms with Crippen molar-refractivity contribution in [3.05, 3.63) is 35.4 Å². The molecule has 0 amide bonds. The number of aliphatic hydroxyl groups is 4. The average molecular weight is 226 g/mol. The molecule has 1 aromatic carbocycles. The minimum Gasteiger partial charge on any atom is -0.396 e. The molecular weight excluding hydrogens is 208 g/mol. The second kappa shape index (κ2) is 6.60. The molecule has 0 aromatic heterocycles. The Morgan fingerprint density at radius 1 is 1.00 bits per heavy atom. The quantitative estimate of drug-likeness (QED) is 0.550. The predicted molar refractivity (Wildman–Crippen MR) is 59.9 cm³/mol. The Hall–Kier alpha value is -0.940. The maximum absolute atomic E-state index is 9.61. The van der Waals surface area contributed by atoms with E-state index < -0.39 is 18.8 Å². The van der Waals surface area contributed by atoms with Gasteiger partial charge in [0.05, 0.1) is 6.61 Å². The van der Waals surface area contributed by atoms with Crippen LogP contribution in [0.2, 0.25) is 0 Å². The minimum atomic E-state index is -1.15. The molecule has 0 fully saturated rings. The molecule has 0 aliphatic heterocycles. The summed E-state index contributed by atoms with van der Waals surface area (Å²) in [6.07, 6.45) is -0.712. The Morgan fingerprint density at radius 3 is 2.12 bits per heavy atom. The molecule has 4 N–H and O–H groups in total. The van der Waals surface area contributed by atoms with Crippen molar-refractivity contribution in [3.8, 4) is 0 Å². The fraction of sp³-hybridized carbons (Fsp3) is 0.500. The lowest BCUT2D eigenvalue weighted by Gasteiger charge is -2.16. The summed E-state index contributed by atoms with van der Waals surface area (Å²) in [5.74, 6) is 0. The van der Waals surface area contributed by atoms with E-state index in [1.165, 1.54) is 0 Å². The molecule has 0 saturated heterocycles. The Bertz CT molecular complexity index is 296. The first-order chi connectivity index (χ1) is 7.69. The molecule has 0 aliphatic carbocycles. The van der Waals surface area contributed by atoms with E-state index in [4.69, 9.17) is 10.2 Å². The molecule has 16 heavy (non-hydrogen) atoms. The molecular formula is C12H18O4. The Morgan fingerprint density at radius 2 is 1.62 bits per heavy atom. The Balaban J connectivity index is 2.63. The summed E-state index contributed by atoms with van der Waals surface area (Å²) in [6.45, 7) is -0.305. The fourth-order valence-corrected chi connectivity index (χ4v) is 1.49. The molecule has 0 bridgehead atoms. The first kappa shape index (κ1) is 13.1. The van der Waals surface area contributed by atoms with E-state index in [1.807, 2.05) is 12.1 Å². The highest BCUT2D eigenvalue weighted by atomic mass is 16.4. The summed E-state index contributed by atoms with van der Waals surface area (Å²) in [5.41, 5.74) is 1.65. The van der Waals surface area contributed by atoms with Gasteiger partial charge in [-0.15, -0.1) is 0 Å². The lowest BCUT2D eigenvalue weighted by atomic mass is 10.0. The van der Waals surface area contributed by atoms with Crippen LogP contribution in [-0.2, 0) is 6.42 Å². The molecule has 0 spiro atoms. The van der Waals surface area contributed by atoms with Gasteiger partial charge < -0.3 is 20.4 Å². The van der Waals surface area contributed by atoms with Crippen LogP contribution in [0.3, 0.4) is 0 Å². The summed E-state index contributed by atoms with van der Waals surface area (Å²) >= 11 is 0. The Labute approximate surface area is 94.8 Å². The highest BCUT2D eigenvalue weighted by Crippen LogP contribution is 2.17. The lowest BCUT2D eigenvalue weighted by molar-refractivity contribution is -0.0152. The first-order valence-electron chi connectivity index (χ1n) is 5.35. The Kier molecular flexibility index (Phi) is 5.42. The smallest absolute Gasteiger partial charge is 0.107 e. The summed E-state index contributed by atoms with van der Waals surface area (Å²) < 4.78 is 0. The maximum atomic E-state index is 9.61. The molecule has 1 aromatic rings. The van der Waals surface area contributed by atoms with Crippen LogP contribution >= 0.6 is 0 Å². The van der Waals surface area contributed by atoms with Gasteiger partial charge in [0.1, 0.15) is 12.2 Å². The van der Waals surface area contributed by atoms with Crippen molar-refractivity contribution in [2.45, 2.75) is 25.0 Å². The second-order valence-corrected chi connectivity index (χ2v) is 3.76. The van der Waals surface area contributed by atoms with E-state index in [0.717, 1.165) is 12.0 Å². The number of rotatable bonds is 6. The number of hydrogen-bond donors (Lipinski definition) is 4. The summed E-state index contributed by atoms with van der Waals surface area (Å²) in [7, 11) is 0. The third kappa shape index (κ3) is 3.57. The van der Waals surface area contributed by atoms with Crippen LogP contribution in [0.5, 0.6) is 0 Å². The van der Waals surface area contributed by atoms with Crippen LogP contribution in [0.15, 0.2) is 24.3 Å². The zero-order valence-electron chi connectivity index (χ0n) is 9.08. The highest BCUT2D eigenvalue weighted by Gasteiger charge is 2.16. The van der Waals surface area contributed by atoms with Crippen molar-refractivity contribution in [1.82, 2.24) is 0 Å².